The van der Waals surface area contributed by atoms with Crippen molar-refractivity contribution < 1.29 is 31.1 Å². The molecule has 2 aromatic rings. The van der Waals surface area contributed by atoms with Crippen LogP contribution in [0.5, 0.6) is 5.75 Å². The van der Waals surface area contributed by atoms with Gasteiger partial charge in [0.1, 0.15) is 5.75 Å². The third-order valence-corrected chi connectivity index (χ3v) is 4.00. The average molecular weight is 392 g/mol. The highest BCUT2D eigenvalue weighted by Gasteiger charge is 2.32. The van der Waals surface area contributed by atoms with E-state index in [4.69, 9.17) is 10.6 Å². The highest BCUT2D eigenvalue weighted by molar-refractivity contribution is 5.36. The Morgan fingerprint density at radius 1 is 1.00 bits per heavy atom. The van der Waals surface area contributed by atoms with Gasteiger partial charge in [-0.15, -0.1) is 0 Å². The normalized spacial score (nSPS) is 13.5. The first kappa shape index (κ1) is 21.0. The zero-order chi connectivity index (χ0) is 20.2. The molecular weight excluding hydrogens is 374 g/mol. The number of halogens is 6. The van der Waals surface area contributed by atoms with Crippen molar-refractivity contribution in [2.24, 2.45) is 5.84 Å². The Bertz CT molecular complexity index is 773. The standard InChI is InChI=1S/C18H18F6N2O/c1-11-9-14(5-6-15(11)18(22,23)24)27-8-7-16(26-25)12-3-2-4-13(10-12)17(19,20)21/h2-6,9-10,16,26H,7-8,25H2,1H3. The van der Waals surface area contributed by atoms with E-state index in [0.29, 0.717) is 5.56 Å². The zero-order valence-electron chi connectivity index (χ0n) is 14.3. The summed E-state index contributed by atoms with van der Waals surface area (Å²) in [5, 5.41) is 0. The molecule has 0 aromatic heterocycles. The van der Waals surface area contributed by atoms with E-state index in [-0.39, 0.29) is 24.3 Å². The van der Waals surface area contributed by atoms with Gasteiger partial charge in [0.05, 0.1) is 17.7 Å². The molecule has 27 heavy (non-hydrogen) atoms. The summed E-state index contributed by atoms with van der Waals surface area (Å²) >= 11 is 0. The largest absolute Gasteiger partial charge is 0.494 e. The van der Waals surface area contributed by atoms with Gasteiger partial charge in [0.2, 0.25) is 0 Å². The molecule has 2 aromatic carbocycles. The molecule has 1 unspecified atom stereocenters. The predicted octanol–water partition coefficient (Wildman–Crippen LogP) is 5.01. The number of rotatable bonds is 6. The maximum Gasteiger partial charge on any atom is 0.416 e. The van der Waals surface area contributed by atoms with Crippen LogP contribution in [0.4, 0.5) is 26.3 Å². The Balaban J connectivity index is 2.02. The van der Waals surface area contributed by atoms with Crippen LogP contribution in [-0.4, -0.2) is 6.61 Å². The lowest BCUT2D eigenvalue weighted by molar-refractivity contribution is -0.138. The summed E-state index contributed by atoms with van der Waals surface area (Å²) in [5.41, 5.74) is 1.24. The maximum absolute atomic E-state index is 12.8. The van der Waals surface area contributed by atoms with Crippen LogP contribution in [-0.2, 0) is 12.4 Å². The first-order valence-corrected chi connectivity index (χ1v) is 7.96. The van der Waals surface area contributed by atoms with Crippen molar-refractivity contribution in [2.75, 3.05) is 6.61 Å². The molecule has 0 aliphatic carbocycles. The van der Waals surface area contributed by atoms with Gasteiger partial charge in [0.25, 0.3) is 0 Å². The molecule has 0 fully saturated rings. The monoisotopic (exact) mass is 392 g/mol. The van der Waals surface area contributed by atoms with Crippen LogP contribution >= 0.6 is 0 Å². The molecule has 0 heterocycles. The molecule has 0 aliphatic rings. The van der Waals surface area contributed by atoms with Gasteiger partial charge in [0, 0.05) is 12.5 Å². The van der Waals surface area contributed by atoms with Crippen molar-refractivity contribution in [2.45, 2.75) is 31.7 Å². The Morgan fingerprint density at radius 2 is 1.70 bits per heavy atom. The molecule has 148 valence electrons. The van der Waals surface area contributed by atoms with Crippen molar-refractivity contribution >= 4 is 0 Å². The second-order valence-corrected chi connectivity index (χ2v) is 5.95. The summed E-state index contributed by atoms with van der Waals surface area (Å²) in [6, 6.07) is 7.51. The molecule has 1 atom stereocenters. The highest BCUT2D eigenvalue weighted by atomic mass is 19.4. The summed E-state index contributed by atoms with van der Waals surface area (Å²) in [5.74, 6) is 5.66. The van der Waals surface area contributed by atoms with E-state index < -0.39 is 29.5 Å². The van der Waals surface area contributed by atoms with E-state index in [9.17, 15) is 26.3 Å². The SMILES string of the molecule is Cc1cc(OCCC(NN)c2cccc(C(F)(F)F)c2)ccc1C(F)(F)F. The van der Waals surface area contributed by atoms with Crippen molar-refractivity contribution in [1.82, 2.24) is 5.43 Å². The van der Waals surface area contributed by atoms with Crippen LogP contribution in [0.3, 0.4) is 0 Å². The second kappa shape index (κ2) is 8.18. The third kappa shape index (κ3) is 5.61. The summed E-state index contributed by atoms with van der Waals surface area (Å²) < 4.78 is 82.1. The smallest absolute Gasteiger partial charge is 0.416 e. The van der Waals surface area contributed by atoms with Crippen molar-refractivity contribution in [3.05, 3.63) is 64.7 Å². The average Bonchev–Trinajstić information content (AvgIpc) is 2.57. The highest BCUT2D eigenvalue weighted by Crippen LogP contribution is 2.34. The summed E-state index contributed by atoms with van der Waals surface area (Å²) in [4.78, 5) is 0. The van der Waals surface area contributed by atoms with Gasteiger partial charge in [-0.3, -0.25) is 11.3 Å². The number of nitrogens with two attached hydrogens (primary N) is 1. The number of ether oxygens (including phenoxy) is 1. The fraction of sp³-hybridized carbons (Fsp3) is 0.333. The molecule has 3 nitrogen and oxygen atoms in total. The first-order chi connectivity index (χ1) is 12.5. The Morgan fingerprint density at radius 3 is 2.26 bits per heavy atom. The van der Waals surface area contributed by atoms with E-state index in [1.165, 1.54) is 31.2 Å². The Labute approximate surface area is 152 Å². The van der Waals surface area contributed by atoms with E-state index in [0.717, 1.165) is 18.2 Å². The number of nitrogens with one attached hydrogen (secondary N) is 1. The van der Waals surface area contributed by atoms with Gasteiger partial charge in [0.15, 0.2) is 0 Å². The lowest BCUT2D eigenvalue weighted by Gasteiger charge is -2.18. The van der Waals surface area contributed by atoms with Gasteiger partial charge in [-0.1, -0.05) is 12.1 Å². The topological polar surface area (TPSA) is 47.3 Å². The molecular formula is C18H18F6N2O. The van der Waals surface area contributed by atoms with Crippen molar-refractivity contribution in [3.63, 3.8) is 0 Å². The van der Waals surface area contributed by atoms with Gasteiger partial charge in [-0.05, 0) is 48.4 Å². The quantitative estimate of drug-likeness (QED) is 0.413. The van der Waals surface area contributed by atoms with Crippen LogP contribution in [0.25, 0.3) is 0 Å². The minimum absolute atomic E-state index is 0.0198. The Hall–Kier alpha value is -2.26. The minimum atomic E-state index is -4.47. The molecule has 0 spiro atoms. The number of aryl methyl sites for hydroxylation is 1. The molecule has 0 aliphatic heterocycles. The van der Waals surface area contributed by atoms with E-state index in [2.05, 4.69) is 5.43 Å². The fourth-order valence-corrected chi connectivity index (χ4v) is 2.62. The summed E-state index contributed by atoms with van der Waals surface area (Å²) in [6.07, 6.45) is -8.69. The van der Waals surface area contributed by atoms with E-state index in [1.54, 1.807) is 0 Å². The van der Waals surface area contributed by atoms with Crippen LogP contribution in [0, 0.1) is 6.92 Å². The van der Waals surface area contributed by atoms with Crippen LogP contribution < -0.4 is 16.0 Å². The molecule has 0 bridgehead atoms. The zero-order valence-corrected chi connectivity index (χ0v) is 14.3. The molecule has 0 amide bonds. The molecule has 0 radical (unpaired) electrons. The summed E-state index contributed by atoms with van der Waals surface area (Å²) in [6.45, 7) is 1.37. The van der Waals surface area contributed by atoms with Crippen molar-refractivity contribution in [3.8, 4) is 5.75 Å². The maximum atomic E-state index is 12.8. The summed E-state index contributed by atoms with van der Waals surface area (Å²) in [7, 11) is 0. The van der Waals surface area contributed by atoms with E-state index in [1.807, 2.05) is 0 Å². The molecule has 3 N–H and O–H groups in total. The minimum Gasteiger partial charge on any atom is -0.494 e. The van der Waals surface area contributed by atoms with Gasteiger partial charge >= 0.3 is 12.4 Å². The van der Waals surface area contributed by atoms with Gasteiger partial charge in [-0.2, -0.15) is 26.3 Å². The number of hydrogen-bond acceptors (Lipinski definition) is 3. The number of hydrogen-bond donors (Lipinski definition) is 2. The number of alkyl halides is 6. The fourth-order valence-electron chi connectivity index (χ4n) is 2.62. The lowest BCUT2D eigenvalue weighted by Crippen LogP contribution is -2.29. The van der Waals surface area contributed by atoms with Crippen LogP contribution in [0.1, 0.15) is 34.7 Å². The molecule has 9 heteroatoms. The Kier molecular flexibility index (Phi) is 6.38. The lowest BCUT2D eigenvalue weighted by atomic mass is 10.0. The van der Waals surface area contributed by atoms with Gasteiger partial charge in [-0.25, -0.2) is 0 Å². The van der Waals surface area contributed by atoms with E-state index >= 15 is 0 Å². The third-order valence-electron chi connectivity index (χ3n) is 4.00. The number of hydrazine groups is 1. The molecule has 0 saturated heterocycles. The first-order valence-electron chi connectivity index (χ1n) is 7.96. The molecule has 2 rings (SSSR count). The number of benzene rings is 2. The van der Waals surface area contributed by atoms with Crippen LogP contribution in [0.2, 0.25) is 0 Å². The second-order valence-electron chi connectivity index (χ2n) is 5.95. The van der Waals surface area contributed by atoms with Crippen LogP contribution in [0.15, 0.2) is 42.5 Å². The molecule has 0 saturated carbocycles. The predicted molar refractivity (Wildman–Crippen MR) is 87.8 cm³/mol. The van der Waals surface area contributed by atoms with Crippen molar-refractivity contribution in [1.29, 1.82) is 0 Å². The van der Waals surface area contributed by atoms with Gasteiger partial charge < -0.3 is 4.74 Å².